The second-order valence-corrected chi connectivity index (χ2v) is 4.80. The van der Waals surface area contributed by atoms with E-state index in [1.54, 1.807) is 13.0 Å². The molecule has 5 nitrogen and oxygen atoms in total. The van der Waals surface area contributed by atoms with Crippen molar-refractivity contribution in [2.45, 2.75) is 25.9 Å². The van der Waals surface area contributed by atoms with Gasteiger partial charge in [0.2, 0.25) is 0 Å². The Labute approximate surface area is 107 Å². The molecule has 1 aliphatic rings. The van der Waals surface area contributed by atoms with Crippen LogP contribution in [0.4, 0.5) is 0 Å². The molecule has 0 bridgehead atoms. The number of carbonyl (C=O) groups excluding carboxylic acids is 1. The van der Waals surface area contributed by atoms with Crippen molar-refractivity contribution in [1.29, 1.82) is 0 Å². The van der Waals surface area contributed by atoms with E-state index in [0.717, 1.165) is 25.3 Å². The average molecular weight is 252 g/mol. The third-order valence-corrected chi connectivity index (χ3v) is 3.33. The molecule has 0 radical (unpaired) electrons. The molecular weight excluding hydrogens is 232 g/mol. The fraction of sp³-hybridized carbons (Fsp3) is 0.615. The number of hydrogen-bond acceptors (Lipinski definition) is 5. The van der Waals surface area contributed by atoms with Gasteiger partial charge in [0.05, 0.1) is 13.7 Å². The third kappa shape index (κ3) is 2.91. The zero-order valence-corrected chi connectivity index (χ0v) is 11.2. The number of esters is 1. The lowest BCUT2D eigenvalue weighted by atomic mass is 10.2. The van der Waals surface area contributed by atoms with Gasteiger partial charge in [0.1, 0.15) is 17.1 Å². The Hall–Kier alpha value is -1.33. The van der Waals surface area contributed by atoms with Gasteiger partial charge in [0.25, 0.3) is 0 Å². The summed E-state index contributed by atoms with van der Waals surface area (Å²) in [6, 6.07) is 2.26. The Morgan fingerprint density at radius 2 is 2.44 bits per heavy atom. The number of hydrogen-bond donors (Lipinski definition) is 1. The number of likely N-dealkylation sites (tertiary alicyclic amines) is 1. The van der Waals surface area contributed by atoms with Crippen LogP contribution >= 0.6 is 0 Å². The lowest BCUT2D eigenvalue weighted by molar-refractivity contribution is 0.0599. The van der Waals surface area contributed by atoms with Crippen LogP contribution < -0.4 is 5.32 Å². The van der Waals surface area contributed by atoms with Crippen molar-refractivity contribution in [1.82, 2.24) is 10.2 Å². The number of carbonyl (C=O) groups is 1. The molecule has 1 aromatic rings. The summed E-state index contributed by atoms with van der Waals surface area (Å²) in [6.45, 7) is 4.61. The minimum atomic E-state index is -0.344. The highest BCUT2D eigenvalue weighted by Gasteiger charge is 2.20. The molecule has 0 saturated carbocycles. The molecule has 1 atom stereocenters. The first-order valence-corrected chi connectivity index (χ1v) is 6.19. The Bertz CT molecular complexity index is 428. The normalized spacial score (nSPS) is 20.3. The van der Waals surface area contributed by atoms with Gasteiger partial charge in [-0.15, -0.1) is 0 Å². The summed E-state index contributed by atoms with van der Waals surface area (Å²) in [4.78, 5) is 13.7. The van der Waals surface area contributed by atoms with E-state index in [-0.39, 0.29) is 5.97 Å². The first-order valence-electron chi connectivity index (χ1n) is 6.19. The minimum absolute atomic E-state index is 0.344. The molecule has 0 aliphatic carbocycles. The van der Waals surface area contributed by atoms with Crippen molar-refractivity contribution in [3.05, 3.63) is 23.2 Å². The molecule has 0 spiro atoms. The molecule has 0 amide bonds. The number of nitrogens with one attached hydrogen (secondary N) is 1. The quantitative estimate of drug-likeness (QED) is 0.815. The maximum Gasteiger partial charge on any atom is 0.341 e. The predicted molar refractivity (Wildman–Crippen MR) is 67.5 cm³/mol. The molecule has 1 aromatic heterocycles. The number of furan rings is 1. The zero-order valence-electron chi connectivity index (χ0n) is 11.2. The summed E-state index contributed by atoms with van der Waals surface area (Å²) in [5, 5.41) is 3.44. The van der Waals surface area contributed by atoms with E-state index in [0.29, 0.717) is 23.9 Å². The highest BCUT2D eigenvalue weighted by Crippen LogP contribution is 2.16. The molecule has 1 aliphatic heterocycles. The largest absolute Gasteiger partial charge is 0.465 e. The van der Waals surface area contributed by atoms with Crippen LogP contribution in [0.3, 0.4) is 0 Å². The topological polar surface area (TPSA) is 54.7 Å². The van der Waals surface area contributed by atoms with Crippen molar-refractivity contribution in [2.75, 3.05) is 27.2 Å². The maximum absolute atomic E-state index is 11.4. The van der Waals surface area contributed by atoms with Crippen LogP contribution in [0.1, 0.15) is 28.3 Å². The predicted octanol–water partition coefficient (Wildman–Crippen LogP) is 1.17. The molecule has 18 heavy (non-hydrogen) atoms. The van der Waals surface area contributed by atoms with Crippen LogP contribution in [-0.2, 0) is 11.3 Å². The van der Waals surface area contributed by atoms with Gasteiger partial charge >= 0.3 is 5.97 Å². The van der Waals surface area contributed by atoms with Crippen LogP contribution in [0.25, 0.3) is 0 Å². The van der Waals surface area contributed by atoms with Gasteiger partial charge in [-0.25, -0.2) is 4.79 Å². The lowest BCUT2D eigenvalue weighted by Gasteiger charge is -2.11. The maximum atomic E-state index is 11.4. The van der Waals surface area contributed by atoms with Gasteiger partial charge in [0, 0.05) is 12.6 Å². The summed E-state index contributed by atoms with van der Waals surface area (Å²) in [5.74, 6) is 1.05. The lowest BCUT2D eigenvalue weighted by Crippen LogP contribution is -2.30. The van der Waals surface area contributed by atoms with E-state index in [4.69, 9.17) is 9.15 Å². The van der Waals surface area contributed by atoms with Gasteiger partial charge in [-0.1, -0.05) is 0 Å². The number of ether oxygens (including phenoxy) is 1. The molecule has 2 heterocycles. The zero-order chi connectivity index (χ0) is 13.1. The van der Waals surface area contributed by atoms with Gasteiger partial charge in [-0.2, -0.15) is 0 Å². The number of methoxy groups -OCH3 is 1. The van der Waals surface area contributed by atoms with E-state index in [2.05, 4.69) is 17.3 Å². The van der Waals surface area contributed by atoms with Crippen LogP contribution in [0.5, 0.6) is 0 Å². The highest BCUT2D eigenvalue weighted by atomic mass is 16.5. The molecule has 1 saturated heterocycles. The summed E-state index contributed by atoms with van der Waals surface area (Å²) >= 11 is 0. The molecule has 1 N–H and O–H groups in total. The summed E-state index contributed by atoms with van der Waals surface area (Å²) in [6.07, 6.45) is 1.15. The number of nitrogens with zero attached hydrogens (tertiary/aromatic N) is 1. The van der Waals surface area contributed by atoms with Gasteiger partial charge < -0.3 is 19.4 Å². The molecule has 1 unspecified atom stereocenters. The molecule has 100 valence electrons. The Morgan fingerprint density at radius 1 is 1.67 bits per heavy atom. The number of aryl methyl sites for hydroxylation is 1. The van der Waals surface area contributed by atoms with Crippen LogP contribution in [0.15, 0.2) is 10.5 Å². The second-order valence-electron chi connectivity index (χ2n) is 4.80. The average Bonchev–Trinajstić information content (AvgIpc) is 2.92. The van der Waals surface area contributed by atoms with Gasteiger partial charge in [-0.3, -0.25) is 0 Å². The fourth-order valence-electron chi connectivity index (χ4n) is 2.29. The first-order chi connectivity index (χ1) is 8.60. The fourth-order valence-corrected chi connectivity index (χ4v) is 2.29. The van der Waals surface area contributed by atoms with Crippen molar-refractivity contribution >= 4 is 5.97 Å². The van der Waals surface area contributed by atoms with E-state index in [1.807, 2.05) is 0 Å². The Balaban J connectivity index is 1.92. The van der Waals surface area contributed by atoms with Gasteiger partial charge in [0.15, 0.2) is 0 Å². The van der Waals surface area contributed by atoms with E-state index >= 15 is 0 Å². The summed E-state index contributed by atoms with van der Waals surface area (Å²) in [5.41, 5.74) is 0.512. The molecular formula is C13H20N2O3. The molecule has 1 fully saturated rings. The second kappa shape index (κ2) is 5.54. The third-order valence-electron chi connectivity index (χ3n) is 3.33. The molecule has 0 aromatic carbocycles. The van der Waals surface area contributed by atoms with Crippen LogP contribution in [0.2, 0.25) is 0 Å². The van der Waals surface area contributed by atoms with E-state index in [9.17, 15) is 4.79 Å². The van der Waals surface area contributed by atoms with Crippen molar-refractivity contribution in [3.8, 4) is 0 Å². The van der Waals surface area contributed by atoms with E-state index in [1.165, 1.54) is 7.11 Å². The van der Waals surface area contributed by atoms with E-state index < -0.39 is 0 Å². The smallest absolute Gasteiger partial charge is 0.341 e. The first kappa shape index (κ1) is 13.1. The Morgan fingerprint density at radius 3 is 3.06 bits per heavy atom. The van der Waals surface area contributed by atoms with Crippen molar-refractivity contribution in [3.63, 3.8) is 0 Å². The minimum Gasteiger partial charge on any atom is -0.465 e. The van der Waals surface area contributed by atoms with Crippen LogP contribution in [-0.4, -0.2) is 44.2 Å². The number of likely N-dealkylation sites (N-methyl/N-ethyl adjacent to an activating group) is 1. The monoisotopic (exact) mass is 252 g/mol. The SMILES string of the molecule is COC(=O)c1cc(CNC2CCN(C)C2)oc1C. The number of rotatable bonds is 4. The highest BCUT2D eigenvalue weighted by molar-refractivity contribution is 5.90. The van der Waals surface area contributed by atoms with Crippen molar-refractivity contribution in [2.24, 2.45) is 0 Å². The molecule has 2 rings (SSSR count). The van der Waals surface area contributed by atoms with Crippen LogP contribution in [0, 0.1) is 6.92 Å². The summed E-state index contributed by atoms with van der Waals surface area (Å²) < 4.78 is 10.2. The summed E-state index contributed by atoms with van der Waals surface area (Å²) in [7, 11) is 3.50. The standard InChI is InChI=1S/C13H20N2O3/c1-9-12(13(16)17-3)6-11(18-9)7-14-10-4-5-15(2)8-10/h6,10,14H,4-5,7-8H2,1-3H3. The molecule has 5 heteroatoms. The van der Waals surface area contributed by atoms with Crippen molar-refractivity contribution < 1.29 is 13.9 Å². The Kier molecular flexibility index (Phi) is 4.04. The van der Waals surface area contributed by atoms with Gasteiger partial charge in [-0.05, 0) is 33.0 Å².